The molecule has 6 nitrogen and oxygen atoms in total. The van der Waals surface area contributed by atoms with E-state index < -0.39 is 11.6 Å². The van der Waals surface area contributed by atoms with Crippen LogP contribution in [0.15, 0.2) is 53.2 Å². The molecule has 9 heteroatoms. The Balaban J connectivity index is 1.53. The van der Waals surface area contributed by atoms with Crippen molar-refractivity contribution in [2.24, 2.45) is 0 Å². The summed E-state index contributed by atoms with van der Waals surface area (Å²) < 4.78 is 36.8. The molecule has 0 bridgehead atoms. The van der Waals surface area contributed by atoms with Crippen LogP contribution in [0.25, 0.3) is 23.0 Å². The minimum atomic E-state index is -0.976. The van der Waals surface area contributed by atoms with E-state index in [4.69, 9.17) is 20.9 Å². The molecule has 1 N–H and O–H groups in total. The number of rotatable bonds is 4. The van der Waals surface area contributed by atoms with E-state index in [2.05, 4.69) is 20.3 Å². The van der Waals surface area contributed by atoms with Gasteiger partial charge in [0.05, 0.1) is 11.2 Å². The van der Waals surface area contributed by atoms with E-state index in [0.29, 0.717) is 27.9 Å². The molecule has 4 rings (SSSR count). The zero-order valence-corrected chi connectivity index (χ0v) is 13.7. The van der Waals surface area contributed by atoms with Gasteiger partial charge in [0.1, 0.15) is 17.2 Å². The van der Waals surface area contributed by atoms with Crippen molar-refractivity contribution in [2.75, 3.05) is 0 Å². The first kappa shape index (κ1) is 16.2. The van der Waals surface area contributed by atoms with Crippen molar-refractivity contribution in [3.05, 3.63) is 65.3 Å². The topological polar surface area (TPSA) is 76.8 Å². The number of hydrogen-bond donors (Lipinski definition) is 1. The number of benzene rings is 2. The van der Waals surface area contributed by atoms with Crippen LogP contribution in [-0.2, 0) is 0 Å². The van der Waals surface area contributed by atoms with Crippen LogP contribution in [0.3, 0.4) is 0 Å². The highest BCUT2D eigenvalue weighted by atomic mass is 35.5. The first-order valence-corrected chi connectivity index (χ1v) is 7.74. The summed E-state index contributed by atoms with van der Waals surface area (Å²) in [5.74, 6) is -0.712. The van der Waals surface area contributed by atoms with Gasteiger partial charge in [-0.2, -0.15) is 10.1 Å². The molecular formula is C17H9ClF2N4O2. The Kier molecular flexibility index (Phi) is 4.10. The highest BCUT2D eigenvalue weighted by molar-refractivity contribution is 6.32. The number of aromatic nitrogens is 4. The summed E-state index contributed by atoms with van der Waals surface area (Å²) in [6.07, 6.45) is 1.44. The predicted octanol–water partition coefficient (Wildman–Crippen LogP) is 4.85. The fourth-order valence-electron chi connectivity index (χ4n) is 2.21. The number of nitrogens with zero attached hydrogens (tertiary/aromatic N) is 3. The molecule has 0 fully saturated rings. The minimum absolute atomic E-state index is 0.187. The van der Waals surface area contributed by atoms with Gasteiger partial charge < -0.3 is 9.26 Å². The smallest absolute Gasteiger partial charge is 0.277 e. The highest BCUT2D eigenvalue weighted by Gasteiger charge is 2.15. The van der Waals surface area contributed by atoms with Crippen LogP contribution in [0.4, 0.5) is 8.78 Å². The van der Waals surface area contributed by atoms with Crippen LogP contribution >= 0.6 is 11.6 Å². The zero-order valence-electron chi connectivity index (χ0n) is 12.9. The molecule has 0 atom stereocenters. The van der Waals surface area contributed by atoms with Gasteiger partial charge in [0, 0.05) is 11.6 Å². The fourth-order valence-corrected chi connectivity index (χ4v) is 2.38. The first-order valence-electron chi connectivity index (χ1n) is 7.36. The van der Waals surface area contributed by atoms with E-state index >= 15 is 0 Å². The molecule has 0 aliphatic carbocycles. The van der Waals surface area contributed by atoms with Crippen molar-refractivity contribution in [1.29, 1.82) is 0 Å². The van der Waals surface area contributed by atoms with Crippen LogP contribution in [0, 0.1) is 11.6 Å². The lowest BCUT2D eigenvalue weighted by Gasteiger charge is -2.06. The molecule has 2 aromatic carbocycles. The Labute approximate surface area is 150 Å². The number of aromatic amines is 1. The summed E-state index contributed by atoms with van der Waals surface area (Å²) in [7, 11) is 0. The van der Waals surface area contributed by atoms with Gasteiger partial charge in [0.25, 0.3) is 5.89 Å². The molecule has 26 heavy (non-hydrogen) atoms. The van der Waals surface area contributed by atoms with Crippen LogP contribution in [0.1, 0.15) is 0 Å². The summed E-state index contributed by atoms with van der Waals surface area (Å²) in [6.45, 7) is 0. The van der Waals surface area contributed by atoms with E-state index in [1.54, 1.807) is 24.3 Å². The molecule has 130 valence electrons. The van der Waals surface area contributed by atoms with Gasteiger partial charge in [-0.15, -0.1) is 0 Å². The quantitative estimate of drug-likeness (QED) is 0.552. The Bertz CT molecular complexity index is 1060. The van der Waals surface area contributed by atoms with Crippen molar-refractivity contribution in [3.63, 3.8) is 0 Å². The normalized spacial score (nSPS) is 10.9. The molecule has 0 aliphatic rings. The number of hydrogen-bond acceptors (Lipinski definition) is 5. The molecule has 0 amide bonds. The summed E-state index contributed by atoms with van der Waals surface area (Å²) in [5.41, 5.74) is 1.11. The average molecular weight is 375 g/mol. The lowest BCUT2D eigenvalue weighted by molar-refractivity contribution is 0.431. The molecule has 0 spiro atoms. The van der Waals surface area contributed by atoms with Crippen molar-refractivity contribution in [3.8, 4) is 34.5 Å². The first-order chi connectivity index (χ1) is 12.6. The number of ether oxygens (including phenoxy) is 1. The van der Waals surface area contributed by atoms with E-state index in [1.807, 2.05) is 0 Å². The maximum absolute atomic E-state index is 13.2. The lowest BCUT2D eigenvalue weighted by Crippen LogP contribution is -1.88. The molecule has 0 aliphatic heterocycles. The van der Waals surface area contributed by atoms with E-state index in [9.17, 15) is 8.78 Å². The lowest BCUT2D eigenvalue weighted by atomic mass is 10.2. The second-order valence-corrected chi connectivity index (χ2v) is 5.63. The van der Waals surface area contributed by atoms with E-state index in [1.165, 1.54) is 12.3 Å². The Morgan fingerprint density at radius 1 is 1.00 bits per heavy atom. The van der Waals surface area contributed by atoms with Gasteiger partial charge in [-0.1, -0.05) is 16.8 Å². The van der Waals surface area contributed by atoms with E-state index in [-0.39, 0.29) is 11.6 Å². The molecule has 0 saturated heterocycles. The fraction of sp³-hybridized carbons (Fsp3) is 0. The second kappa shape index (κ2) is 6.57. The van der Waals surface area contributed by atoms with Crippen molar-refractivity contribution >= 4 is 11.6 Å². The average Bonchev–Trinajstić information content (AvgIpc) is 3.28. The van der Waals surface area contributed by atoms with Crippen LogP contribution in [0.5, 0.6) is 11.5 Å². The summed E-state index contributed by atoms with van der Waals surface area (Å²) in [5, 5.41) is 10.7. The number of H-pyrrole nitrogens is 1. The van der Waals surface area contributed by atoms with Gasteiger partial charge in [-0.25, -0.2) is 8.78 Å². The zero-order chi connectivity index (χ0) is 18.1. The van der Waals surface area contributed by atoms with Crippen molar-refractivity contribution in [2.45, 2.75) is 0 Å². The summed E-state index contributed by atoms with van der Waals surface area (Å²) in [6, 6.07) is 10.0. The van der Waals surface area contributed by atoms with Gasteiger partial charge in [-0.05, 0) is 36.4 Å². The third kappa shape index (κ3) is 3.14. The Morgan fingerprint density at radius 2 is 1.77 bits per heavy atom. The molecular weight excluding hydrogens is 366 g/mol. The third-order valence-electron chi connectivity index (χ3n) is 3.47. The number of nitrogens with one attached hydrogen (secondary N) is 1. The van der Waals surface area contributed by atoms with Crippen LogP contribution < -0.4 is 4.74 Å². The number of halogens is 3. The van der Waals surface area contributed by atoms with Gasteiger partial charge >= 0.3 is 0 Å². The third-order valence-corrected chi connectivity index (χ3v) is 3.76. The standard InChI is InChI=1S/C17H9ClF2N4O2/c18-12-8-21-23-15(12)17-22-16(24-26-17)9-1-3-10(4-2-9)25-11-5-6-13(19)14(20)7-11/h1-8H,(H,21,23). The second-order valence-electron chi connectivity index (χ2n) is 5.22. The maximum atomic E-state index is 13.2. The van der Waals surface area contributed by atoms with Gasteiger partial charge in [0.2, 0.25) is 5.82 Å². The summed E-state index contributed by atoms with van der Waals surface area (Å²) >= 11 is 5.96. The molecule has 0 radical (unpaired) electrons. The van der Waals surface area contributed by atoms with Gasteiger partial charge in [0.15, 0.2) is 11.6 Å². The monoisotopic (exact) mass is 374 g/mol. The van der Waals surface area contributed by atoms with E-state index in [0.717, 1.165) is 12.1 Å². The largest absolute Gasteiger partial charge is 0.457 e. The Morgan fingerprint density at radius 3 is 2.46 bits per heavy atom. The van der Waals surface area contributed by atoms with Gasteiger partial charge in [-0.3, -0.25) is 5.10 Å². The molecule has 4 aromatic rings. The van der Waals surface area contributed by atoms with Crippen molar-refractivity contribution < 1.29 is 18.0 Å². The SMILES string of the molecule is Fc1ccc(Oc2ccc(-c3noc(-c4[nH]ncc4Cl)n3)cc2)cc1F. The molecule has 2 heterocycles. The minimum Gasteiger partial charge on any atom is -0.457 e. The maximum Gasteiger partial charge on any atom is 0.277 e. The summed E-state index contributed by atoms with van der Waals surface area (Å²) in [4.78, 5) is 4.25. The Hall–Kier alpha value is -3.26. The molecule has 2 aromatic heterocycles. The van der Waals surface area contributed by atoms with Crippen LogP contribution in [0.2, 0.25) is 5.02 Å². The molecule has 0 unspecified atom stereocenters. The molecule has 0 saturated carbocycles. The van der Waals surface area contributed by atoms with Crippen LogP contribution in [-0.4, -0.2) is 20.3 Å². The highest BCUT2D eigenvalue weighted by Crippen LogP contribution is 2.28. The van der Waals surface area contributed by atoms with Crippen molar-refractivity contribution in [1.82, 2.24) is 20.3 Å². The predicted molar refractivity (Wildman–Crippen MR) is 88.8 cm³/mol.